The van der Waals surface area contributed by atoms with E-state index in [1.807, 2.05) is 36.4 Å². The number of fused-ring (bicyclic) bond motifs is 8. The molecule has 9 heterocycles. The van der Waals surface area contributed by atoms with Gasteiger partial charge in [0, 0.05) is 50.1 Å². The predicted octanol–water partition coefficient (Wildman–Crippen LogP) is 28.8. The molecule has 117 heavy (non-hydrogen) atoms. The molecular formula is C98H111F10NO8. The van der Waals surface area contributed by atoms with Gasteiger partial charge in [0.1, 0.15) is 39.7 Å². The molecule has 3 spiro atoms. The van der Waals surface area contributed by atoms with Crippen molar-refractivity contribution in [3.63, 3.8) is 0 Å². The second-order valence-corrected chi connectivity index (χ2v) is 34.5. The fraction of sp³-hybridized carbons (Fsp3) is 0.429. The average Bonchev–Trinajstić information content (AvgIpc) is 1.60. The Labute approximate surface area is 684 Å². The van der Waals surface area contributed by atoms with Gasteiger partial charge in [0.05, 0.1) is 45.1 Å². The van der Waals surface area contributed by atoms with E-state index >= 15 is 0 Å². The fourth-order valence-corrected chi connectivity index (χ4v) is 17.4. The lowest BCUT2D eigenvalue weighted by atomic mass is 9.70. The van der Waals surface area contributed by atoms with Gasteiger partial charge < -0.3 is 38.1 Å². The summed E-state index contributed by atoms with van der Waals surface area (Å²) in [5.74, 6) is -1.28. The van der Waals surface area contributed by atoms with Crippen molar-refractivity contribution in [2.24, 2.45) is 10.8 Å². The second kappa shape index (κ2) is 31.2. The maximum atomic E-state index is 13.0. The van der Waals surface area contributed by atoms with Crippen LogP contribution in [0.1, 0.15) is 225 Å². The SMILES string of the molecule is CC1=C(C)C(C)(C)C(F)(F)O1.CC1=C(C)C(C)(C)C2(CCCC2)O1.CC1=C(C)C(F)(F)C(F)(F)O1.CC1=C(C)C(F)(F)OC1(F)F.CC1=C(C)C(c2ccccc2)(c2ccccc2)OC1(C)C.CC1=C(C)C2(OC1(C)C)c1ccccc1N(c1ccccc1)c1ccccc12.CC1=C(C)C2(OC1(C)C)c1ccccc1Oc1ccccc12. The third kappa shape index (κ3) is 15.0. The standard InChI is InChI=1S/C26H25NO.C20H20O2.C20H22O.C12H20O.C8H12F2O.2C6H6F4O/c1-18-19(2)26(28-25(18,3)4)21-14-8-10-16-23(21)27(20-12-6-5-7-13-20)24-17-11-9-15-22(24)26;1-13-14(2)20(22-19(13,3)4)15-9-5-7-11-17(15)21-18-12-8-6-10-16(18)20;1-15-16(2)20(21-19(15,3)4,17-11-7-5-8-12-17)18-13-9-6-10-14-18;1-9-10(2)13-12(11(9,3)4)7-5-6-8-12;1-5-6(2)11-8(9,10)7(5,3)4;1-3-4(2)11-6(9,10)5(3,7)8;1-3-4(2)6(9,10)11-5(3,7)8/h5-17H,1-4H3;5-12H,1-4H3;5-14H,1-4H3;5-8H2,1-4H3;1-4H3;2*1-2H3. The number of rotatable bonds is 3. The van der Waals surface area contributed by atoms with Gasteiger partial charge in [-0.3, -0.25) is 0 Å². The van der Waals surface area contributed by atoms with Crippen molar-refractivity contribution in [3.8, 4) is 11.5 Å². The summed E-state index contributed by atoms with van der Waals surface area (Å²) in [6.07, 6.45) is -9.87. The van der Waals surface area contributed by atoms with Gasteiger partial charge >= 0.3 is 30.4 Å². The molecule has 0 bridgehead atoms. The molecule has 0 amide bonds. The average molecular weight is 1620 g/mol. The zero-order chi connectivity index (χ0) is 86.4. The molecular weight excluding hydrogens is 1510 g/mol. The summed E-state index contributed by atoms with van der Waals surface area (Å²) in [5.41, 5.74) is 15.1. The van der Waals surface area contributed by atoms with E-state index in [1.54, 1.807) is 13.8 Å². The van der Waals surface area contributed by atoms with Gasteiger partial charge in [-0.05, 0) is 270 Å². The van der Waals surface area contributed by atoms with Gasteiger partial charge in [-0.1, -0.05) is 166 Å². The van der Waals surface area contributed by atoms with E-state index in [4.69, 9.17) is 23.7 Å². The number of nitrogens with zero attached hydrogens (tertiary/aromatic N) is 1. The lowest BCUT2D eigenvalue weighted by molar-refractivity contribution is -0.322. The highest BCUT2D eigenvalue weighted by Crippen LogP contribution is 2.64. The van der Waals surface area contributed by atoms with E-state index in [-0.39, 0.29) is 27.8 Å². The van der Waals surface area contributed by atoms with Crippen molar-refractivity contribution >= 4 is 17.1 Å². The smallest absolute Gasteiger partial charge is 0.468 e. The topological polar surface area (TPSA) is 77.1 Å². The van der Waals surface area contributed by atoms with E-state index in [9.17, 15) is 43.9 Å². The number of ether oxygens (including phenoxy) is 8. The largest absolute Gasteiger partial charge is 0.491 e. The summed E-state index contributed by atoms with van der Waals surface area (Å²) >= 11 is 0. The number of alkyl halides is 10. The molecule has 7 aromatic rings. The number of halogens is 10. The maximum Gasteiger partial charge on any atom is 0.468 e. The van der Waals surface area contributed by atoms with Crippen LogP contribution in [0.5, 0.6) is 11.5 Å². The number of hydrogen-bond acceptors (Lipinski definition) is 9. The minimum Gasteiger partial charge on any atom is -0.491 e. The Morgan fingerprint density at radius 1 is 0.282 bits per heavy atom. The molecule has 1 saturated carbocycles. The van der Waals surface area contributed by atoms with Crippen molar-refractivity contribution < 1.29 is 81.8 Å². The number of benzene rings is 7. The molecule has 19 heteroatoms. The zero-order valence-electron chi connectivity index (χ0n) is 71.7. The number of anilines is 3. The summed E-state index contributed by atoms with van der Waals surface area (Å²) < 4.78 is 168. The van der Waals surface area contributed by atoms with Crippen LogP contribution in [-0.2, 0) is 50.0 Å². The van der Waals surface area contributed by atoms with Gasteiger partial charge in [0.2, 0.25) is 0 Å². The highest BCUT2D eigenvalue weighted by Gasteiger charge is 2.66. The highest BCUT2D eigenvalue weighted by atomic mass is 19.3. The maximum absolute atomic E-state index is 13.0. The lowest BCUT2D eigenvalue weighted by Crippen LogP contribution is -2.40. The Balaban J connectivity index is 0.000000138. The van der Waals surface area contributed by atoms with Crippen LogP contribution in [-0.4, -0.2) is 52.8 Å². The van der Waals surface area contributed by atoms with Crippen LogP contribution in [0.25, 0.3) is 0 Å². The number of para-hydroxylation sites is 5. The van der Waals surface area contributed by atoms with E-state index in [2.05, 4.69) is 282 Å². The first-order valence-electron chi connectivity index (χ1n) is 39.8. The molecule has 0 aromatic heterocycles. The van der Waals surface area contributed by atoms with Crippen LogP contribution in [0.2, 0.25) is 0 Å². The normalized spacial score (nSPS) is 23.0. The quantitative estimate of drug-likeness (QED) is 0.127. The van der Waals surface area contributed by atoms with E-state index in [0.29, 0.717) is 11.3 Å². The number of allylic oxidation sites excluding steroid dienone is 3. The molecule has 0 radical (unpaired) electrons. The van der Waals surface area contributed by atoms with Gasteiger partial charge in [0.15, 0.2) is 0 Å². The molecule has 9 nitrogen and oxygen atoms in total. The summed E-state index contributed by atoms with van der Waals surface area (Å²) in [7, 11) is 0. The minimum absolute atomic E-state index is 0.154. The van der Waals surface area contributed by atoms with Crippen LogP contribution >= 0.6 is 0 Å². The zero-order valence-corrected chi connectivity index (χ0v) is 71.7. The summed E-state index contributed by atoms with van der Waals surface area (Å²) in [5, 5.41) is 0. The van der Waals surface area contributed by atoms with Crippen LogP contribution in [0.3, 0.4) is 0 Å². The molecule has 1 fully saturated rings. The van der Waals surface area contributed by atoms with Crippen molar-refractivity contribution in [2.75, 3.05) is 4.90 Å². The fourth-order valence-electron chi connectivity index (χ4n) is 17.4. The summed E-state index contributed by atoms with van der Waals surface area (Å²) in [6, 6.07) is 65.3. The Hall–Kier alpha value is -9.14. The van der Waals surface area contributed by atoms with Gasteiger partial charge in [-0.15, -0.1) is 0 Å². The van der Waals surface area contributed by atoms with Crippen molar-refractivity contribution in [1.82, 2.24) is 0 Å². The van der Waals surface area contributed by atoms with Gasteiger partial charge in [-0.2, -0.15) is 43.9 Å². The van der Waals surface area contributed by atoms with Crippen molar-refractivity contribution in [2.45, 2.75) is 261 Å². The third-order valence-electron chi connectivity index (χ3n) is 26.6. The lowest BCUT2D eigenvalue weighted by Gasteiger charge is -2.45. The van der Waals surface area contributed by atoms with Gasteiger partial charge in [0.25, 0.3) is 0 Å². The third-order valence-corrected chi connectivity index (χ3v) is 26.6. The Kier molecular flexibility index (Phi) is 23.7. The molecule has 0 saturated heterocycles. The minimum atomic E-state index is -4.37. The first kappa shape index (κ1) is 88.7. The predicted molar refractivity (Wildman–Crippen MR) is 441 cm³/mol. The van der Waals surface area contributed by atoms with Crippen molar-refractivity contribution in [3.05, 3.63) is 300 Å². The highest BCUT2D eigenvalue weighted by molar-refractivity contribution is 5.87. The van der Waals surface area contributed by atoms with Gasteiger partial charge in [-0.25, -0.2) is 4.74 Å². The molecule has 7 aromatic carbocycles. The second-order valence-electron chi connectivity index (χ2n) is 34.5. The molecule has 10 aliphatic rings. The molecule has 0 atom stereocenters. The molecule has 1 aliphatic carbocycles. The molecule has 9 aliphatic heterocycles. The first-order valence-corrected chi connectivity index (χ1v) is 39.8. The monoisotopic (exact) mass is 1620 g/mol. The number of hydrogen-bond donors (Lipinski definition) is 0. The molecule has 17 rings (SSSR count). The Morgan fingerprint density at radius 3 is 0.889 bits per heavy atom. The van der Waals surface area contributed by atoms with Crippen LogP contribution < -0.4 is 9.64 Å². The first-order chi connectivity index (χ1) is 54.3. The van der Waals surface area contributed by atoms with E-state index in [0.717, 1.165) is 56.0 Å². The van der Waals surface area contributed by atoms with Crippen molar-refractivity contribution in [1.29, 1.82) is 0 Å². The molecule has 626 valence electrons. The summed E-state index contributed by atoms with van der Waals surface area (Å²) in [4.78, 5) is 2.35. The van der Waals surface area contributed by atoms with Crippen LogP contribution in [0, 0.1) is 10.8 Å². The van der Waals surface area contributed by atoms with E-state index in [1.165, 1.54) is 118 Å². The summed E-state index contributed by atoms with van der Waals surface area (Å²) in [6.45, 7) is 45.2. The van der Waals surface area contributed by atoms with Crippen LogP contribution in [0.4, 0.5) is 61.0 Å². The Morgan fingerprint density at radius 2 is 0.598 bits per heavy atom. The van der Waals surface area contributed by atoms with Crippen LogP contribution in [0.15, 0.2) is 267 Å². The Bertz CT molecular complexity index is 4950. The molecule has 0 unspecified atom stereocenters. The van der Waals surface area contributed by atoms with E-state index < -0.39 is 75.1 Å². The molecule has 0 N–H and O–H groups in total.